The molecular weight excluding hydrogens is 346 g/mol. The van der Waals surface area contributed by atoms with Gasteiger partial charge in [0.1, 0.15) is 5.75 Å². The van der Waals surface area contributed by atoms with Gasteiger partial charge in [0.15, 0.2) is 5.92 Å². The van der Waals surface area contributed by atoms with Crippen LogP contribution in [0, 0.1) is 12.8 Å². The lowest BCUT2D eigenvalue weighted by Gasteiger charge is -2.29. The normalized spacial score (nSPS) is 17.3. The summed E-state index contributed by atoms with van der Waals surface area (Å²) in [5.41, 5.74) is 2.02. The van der Waals surface area contributed by atoms with Crippen LogP contribution < -0.4 is 15.0 Å². The van der Waals surface area contributed by atoms with E-state index in [0.29, 0.717) is 11.4 Å². The van der Waals surface area contributed by atoms with Gasteiger partial charge in [0, 0.05) is 11.8 Å². The summed E-state index contributed by atoms with van der Waals surface area (Å²) in [5, 5.41) is 2.22. The molecule has 0 radical (unpaired) electrons. The number of carbonyl (C=O) groups excluding carboxylic acids is 3. The number of para-hydroxylation sites is 2. The predicted molar refractivity (Wildman–Crippen MR) is 101 cm³/mol. The first-order chi connectivity index (χ1) is 13.0. The standard InChI is InChI=1S/C20H19N3O4/c1-13-7-3-5-9-16(13)23-19(25)15(18(24)22-20(23)26)12-21-11-14-8-4-6-10-17(14)27-2/h3-10,12,15H,11H2,1-2H3,(H,22,24,26)/t15-/m0/s1. The molecule has 1 aliphatic rings. The van der Waals surface area contributed by atoms with E-state index in [1.807, 2.05) is 30.3 Å². The highest BCUT2D eigenvalue weighted by molar-refractivity contribution is 6.32. The molecule has 1 N–H and O–H groups in total. The maximum Gasteiger partial charge on any atom is 0.335 e. The number of benzene rings is 2. The number of ether oxygens (including phenoxy) is 1. The van der Waals surface area contributed by atoms with Crippen LogP contribution in [-0.2, 0) is 16.1 Å². The molecule has 1 fully saturated rings. The Morgan fingerprint density at radius 1 is 1.11 bits per heavy atom. The van der Waals surface area contributed by atoms with E-state index >= 15 is 0 Å². The van der Waals surface area contributed by atoms with Crippen LogP contribution in [-0.4, -0.2) is 31.2 Å². The second-order valence-electron chi connectivity index (χ2n) is 6.03. The summed E-state index contributed by atoms with van der Waals surface area (Å²) in [4.78, 5) is 42.4. The number of hydrogen-bond donors (Lipinski definition) is 1. The lowest BCUT2D eigenvalue weighted by molar-refractivity contribution is -0.131. The first kappa shape index (κ1) is 18.3. The van der Waals surface area contributed by atoms with E-state index in [1.54, 1.807) is 32.2 Å². The minimum atomic E-state index is -1.17. The van der Waals surface area contributed by atoms with Crippen molar-refractivity contribution in [3.63, 3.8) is 0 Å². The summed E-state index contributed by atoms with van der Waals surface area (Å²) in [7, 11) is 1.56. The van der Waals surface area contributed by atoms with Crippen molar-refractivity contribution in [2.24, 2.45) is 10.9 Å². The van der Waals surface area contributed by atoms with Crippen LogP contribution >= 0.6 is 0 Å². The van der Waals surface area contributed by atoms with Crippen molar-refractivity contribution in [1.29, 1.82) is 0 Å². The molecule has 1 aliphatic heterocycles. The van der Waals surface area contributed by atoms with E-state index in [1.165, 1.54) is 6.21 Å². The van der Waals surface area contributed by atoms with Crippen molar-refractivity contribution in [2.45, 2.75) is 13.5 Å². The number of anilines is 1. The number of carbonyl (C=O) groups is 3. The third kappa shape index (κ3) is 3.72. The zero-order chi connectivity index (χ0) is 19.4. The molecule has 1 atom stereocenters. The third-order valence-corrected chi connectivity index (χ3v) is 4.27. The zero-order valence-corrected chi connectivity index (χ0v) is 15.0. The Morgan fingerprint density at radius 2 is 1.81 bits per heavy atom. The number of barbiturate groups is 1. The molecule has 4 amide bonds. The average Bonchev–Trinajstić information content (AvgIpc) is 2.66. The number of aliphatic imine (C=N–C) groups is 1. The summed E-state index contributed by atoms with van der Waals surface area (Å²) in [6.45, 7) is 2.04. The van der Waals surface area contributed by atoms with Gasteiger partial charge in [-0.25, -0.2) is 9.69 Å². The molecule has 7 nitrogen and oxygen atoms in total. The van der Waals surface area contributed by atoms with Crippen molar-refractivity contribution >= 4 is 29.7 Å². The van der Waals surface area contributed by atoms with E-state index in [0.717, 1.165) is 16.0 Å². The minimum absolute atomic E-state index is 0.249. The molecule has 0 aromatic heterocycles. The summed E-state index contributed by atoms with van der Waals surface area (Å²) in [6, 6.07) is 13.6. The van der Waals surface area contributed by atoms with Crippen molar-refractivity contribution < 1.29 is 19.1 Å². The number of hydrogen-bond acceptors (Lipinski definition) is 5. The van der Waals surface area contributed by atoms with Crippen LogP contribution in [0.25, 0.3) is 0 Å². The molecular formula is C20H19N3O4. The second-order valence-corrected chi connectivity index (χ2v) is 6.03. The summed E-state index contributed by atoms with van der Waals surface area (Å²) in [6.07, 6.45) is 1.28. The number of nitrogens with zero attached hydrogens (tertiary/aromatic N) is 2. The summed E-state index contributed by atoms with van der Waals surface area (Å²) in [5.74, 6) is -1.80. The third-order valence-electron chi connectivity index (χ3n) is 4.27. The fourth-order valence-electron chi connectivity index (χ4n) is 2.85. The molecule has 2 aromatic carbocycles. The Bertz CT molecular complexity index is 923. The molecule has 1 heterocycles. The fraction of sp³-hybridized carbons (Fsp3) is 0.200. The highest BCUT2D eigenvalue weighted by Gasteiger charge is 2.40. The Labute approximate surface area is 156 Å². The summed E-state index contributed by atoms with van der Waals surface area (Å²) < 4.78 is 5.26. The minimum Gasteiger partial charge on any atom is -0.496 e. The van der Waals surface area contributed by atoms with Crippen LogP contribution in [0.4, 0.5) is 10.5 Å². The number of nitrogens with one attached hydrogen (secondary N) is 1. The van der Waals surface area contributed by atoms with Gasteiger partial charge >= 0.3 is 6.03 Å². The van der Waals surface area contributed by atoms with E-state index in [-0.39, 0.29) is 6.54 Å². The predicted octanol–water partition coefficient (Wildman–Crippen LogP) is 2.47. The van der Waals surface area contributed by atoms with Gasteiger partial charge in [-0.15, -0.1) is 0 Å². The molecule has 138 valence electrons. The van der Waals surface area contributed by atoms with Crippen molar-refractivity contribution in [3.8, 4) is 5.75 Å². The average molecular weight is 365 g/mol. The number of imide groups is 2. The Morgan fingerprint density at radius 3 is 2.56 bits per heavy atom. The van der Waals surface area contributed by atoms with Crippen LogP contribution in [0.1, 0.15) is 11.1 Å². The SMILES string of the molecule is COc1ccccc1CN=C[C@H]1C(=O)NC(=O)N(c2ccccc2C)C1=O. The van der Waals surface area contributed by atoms with Gasteiger partial charge in [-0.1, -0.05) is 36.4 Å². The lowest BCUT2D eigenvalue weighted by Crippen LogP contribution is -2.58. The van der Waals surface area contributed by atoms with E-state index < -0.39 is 23.8 Å². The van der Waals surface area contributed by atoms with Gasteiger partial charge in [-0.2, -0.15) is 0 Å². The second kappa shape index (κ2) is 7.82. The van der Waals surface area contributed by atoms with Crippen molar-refractivity contribution in [2.75, 3.05) is 12.0 Å². The molecule has 0 spiro atoms. The number of amides is 4. The van der Waals surface area contributed by atoms with Crippen LogP contribution in [0.15, 0.2) is 53.5 Å². The zero-order valence-electron chi connectivity index (χ0n) is 15.0. The van der Waals surface area contributed by atoms with Crippen LogP contribution in [0.2, 0.25) is 0 Å². The number of methoxy groups -OCH3 is 1. The molecule has 7 heteroatoms. The smallest absolute Gasteiger partial charge is 0.335 e. The van der Waals surface area contributed by atoms with Gasteiger partial charge in [0.2, 0.25) is 5.91 Å². The Kier molecular flexibility index (Phi) is 5.30. The van der Waals surface area contributed by atoms with Crippen molar-refractivity contribution in [3.05, 3.63) is 59.7 Å². The van der Waals surface area contributed by atoms with E-state index in [2.05, 4.69) is 10.3 Å². The van der Waals surface area contributed by atoms with Crippen LogP contribution in [0.3, 0.4) is 0 Å². The van der Waals surface area contributed by atoms with Gasteiger partial charge < -0.3 is 4.74 Å². The Balaban J connectivity index is 1.82. The molecule has 3 rings (SSSR count). The van der Waals surface area contributed by atoms with Gasteiger partial charge in [-0.3, -0.25) is 19.9 Å². The van der Waals surface area contributed by atoms with Gasteiger partial charge in [0.25, 0.3) is 5.91 Å². The summed E-state index contributed by atoms with van der Waals surface area (Å²) >= 11 is 0. The molecule has 0 aliphatic carbocycles. The van der Waals surface area contributed by atoms with Crippen molar-refractivity contribution in [1.82, 2.24) is 5.32 Å². The number of aryl methyl sites for hydroxylation is 1. The first-order valence-electron chi connectivity index (χ1n) is 8.39. The molecule has 2 aromatic rings. The molecule has 0 saturated carbocycles. The highest BCUT2D eigenvalue weighted by atomic mass is 16.5. The fourth-order valence-corrected chi connectivity index (χ4v) is 2.85. The molecule has 0 unspecified atom stereocenters. The van der Waals surface area contributed by atoms with Crippen LogP contribution in [0.5, 0.6) is 5.75 Å². The number of rotatable bonds is 5. The molecule has 27 heavy (non-hydrogen) atoms. The molecule has 0 bridgehead atoms. The topological polar surface area (TPSA) is 88.1 Å². The first-order valence-corrected chi connectivity index (χ1v) is 8.39. The quantitative estimate of drug-likeness (QED) is 0.651. The van der Waals surface area contributed by atoms with E-state index in [4.69, 9.17) is 4.74 Å². The monoisotopic (exact) mass is 365 g/mol. The molecule has 1 saturated heterocycles. The number of urea groups is 1. The highest BCUT2D eigenvalue weighted by Crippen LogP contribution is 2.24. The van der Waals surface area contributed by atoms with Gasteiger partial charge in [0.05, 0.1) is 19.3 Å². The maximum absolute atomic E-state index is 12.8. The largest absolute Gasteiger partial charge is 0.496 e. The maximum atomic E-state index is 12.8. The van der Waals surface area contributed by atoms with E-state index in [9.17, 15) is 14.4 Å². The van der Waals surface area contributed by atoms with Gasteiger partial charge in [-0.05, 0) is 24.6 Å². The Hall–Kier alpha value is -3.48. The lowest BCUT2D eigenvalue weighted by atomic mass is 10.0.